The van der Waals surface area contributed by atoms with E-state index >= 15 is 0 Å². The molecule has 0 saturated heterocycles. The summed E-state index contributed by atoms with van der Waals surface area (Å²) >= 11 is 3.23. The van der Waals surface area contributed by atoms with Gasteiger partial charge in [-0.15, -0.1) is 22.7 Å². The summed E-state index contributed by atoms with van der Waals surface area (Å²) in [4.78, 5) is 49.0. The lowest BCUT2D eigenvalue weighted by molar-refractivity contribution is -0.181. The van der Waals surface area contributed by atoms with Crippen LogP contribution in [0.3, 0.4) is 0 Å². The van der Waals surface area contributed by atoms with Crippen LogP contribution < -0.4 is 0 Å². The van der Waals surface area contributed by atoms with Gasteiger partial charge in [-0.1, -0.05) is 62.4 Å². The van der Waals surface area contributed by atoms with Crippen molar-refractivity contribution in [2.75, 3.05) is 0 Å². The minimum absolute atomic E-state index is 0.0602. The van der Waals surface area contributed by atoms with E-state index < -0.39 is 61.5 Å². The molecule has 0 fully saturated rings. The first kappa shape index (κ1) is 43.2. The summed E-state index contributed by atoms with van der Waals surface area (Å²) in [6.45, 7) is 3.49. The Labute approximate surface area is 358 Å². The monoisotopic (exact) mass is 896 g/mol. The minimum atomic E-state index is -4.80. The number of carbonyl (C=O) groups excluding carboxylic acids is 4. The lowest BCUT2D eigenvalue weighted by atomic mass is 9.85. The Morgan fingerprint density at radius 3 is 1.16 bits per heavy atom. The molecule has 0 saturated carbocycles. The molecule has 0 spiro atoms. The molecular weight excluding hydrogens is 859 g/mol. The molecule has 0 amide bonds. The first-order valence-electron chi connectivity index (χ1n) is 20.1. The van der Waals surface area contributed by atoms with E-state index in [1.807, 2.05) is 42.5 Å². The van der Waals surface area contributed by atoms with Crippen molar-refractivity contribution in [3.63, 3.8) is 0 Å². The molecule has 0 bridgehead atoms. The first-order valence-corrected chi connectivity index (χ1v) is 21.7. The number of thiophene rings is 2. The number of carbonyl (C=O) groups is 4. The normalized spacial score (nSPS) is 18.9. The van der Waals surface area contributed by atoms with E-state index in [1.165, 1.54) is 0 Å². The molecule has 6 aromatic rings. The van der Waals surface area contributed by atoms with Crippen molar-refractivity contribution in [2.45, 2.75) is 102 Å². The van der Waals surface area contributed by atoms with Crippen LogP contribution in [0.25, 0.3) is 51.8 Å². The lowest BCUT2D eigenvalue weighted by Gasteiger charge is -2.31. The standard InChI is InChI=1S/C46H38F6O8S2/c1-3-39(53)57-33-13-15-35(58-40(54)4-2)31-17-23(5-9-27(31)33)25-7-11-29-37(19-25)61-44-30-12-8-26(20-38(30)62-43(29)44)24-6-10-28-32(18-24)36(60-42(56)22-46(50,51)52)16-14-34(28)59-41(55)21-45(47,48)49/h5-12,17-20,33-36H,3-4,13-16,21-22H2,1-2H3. The Balaban J connectivity index is 1.10. The third kappa shape index (κ3) is 9.17. The second kappa shape index (κ2) is 17.0. The highest BCUT2D eigenvalue weighted by atomic mass is 32.1. The number of rotatable bonds is 10. The molecule has 4 aromatic carbocycles. The molecule has 16 heteroatoms. The van der Waals surface area contributed by atoms with Crippen molar-refractivity contribution < 1.29 is 64.5 Å². The highest BCUT2D eigenvalue weighted by molar-refractivity contribution is 7.36. The predicted molar refractivity (Wildman–Crippen MR) is 221 cm³/mol. The van der Waals surface area contributed by atoms with E-state index in [-0.39, 0.29) is 48.7 Å². The molecule has 0 aliphatic heterocycles. The summed E-state index contributed by atoms with van der Waals surface area (Å²) in [5, 5.41) is 2.06. The average molecular weight is 897 g/mol. The Kier molecular flexibility index (Phi) is 11.8. The fraction of sp³-hybridized carbons (Fsp3) is 0.348. The summed E-state index contributed by atoms with van der Waals surface area (Å²) < 4.78 is 104. The fourth-order valence-corrected chi connectivity index (χ4v) is 10.9. The van der Waals surface area contributed by atoms with Gasteiger partial charge >= 0.3 is 36.2 Å². The Hall–Kier alpha value is -5.48. The van der Waals surface area contributed by atoms with Crippen LogP contribution in [0.2, 0.25) is 0 Å². The molecule has 8 nitrogen and oxygen atoms in total. The zero-order valence-electron chi connectivity index (χ0n) is 33.2. The molecule has 4 unspecified atom stereocenters. The van der Waals surface area contributed by atoms with Gasteiger partial charge in [0.05, 0.1) is 9.40 Å². The maximum Gasteiger partial charge on any atom is 0.399 e. The fourth-order valence-electron chi connectivity index (χ4n) is 8.20. The van der Waals surface area contributed by atoms with Crippen LogP contribution in [-0.4, -0.2) is 36.2 Å². The van der Waals surface area contributed by atoms with Crippen molar-refractivity contribution in [3.05, 3.63) is 95.1 Å². The smallest absolute Gasteiger partial charge is 0.399 e. The highest BCUT2D eigenvalue weighted by Gasteiger charge is 2.39. The molecule has 2 aliphatic rings. The van der Waals surface area contributed by atoms with Crippen LogP contribution in [0.1, 0.15) is 112 Å². The molecule has 324 valence electrons. The second-order valence-corrected chi connectivity index (χ2v) is 17.4. The third-order valence-electron chi connectivity index (χ3n) is 11.1. The van der Waals surface area contributed by atoms with Crippen LogP contribution >= 0.6 is 22.7 Å². The van der Waals surface area contributed by atoms with Gasteiger partial charge in [-0.25, -0.2) is 0 Å². The van der Waals surface area contributed by atoms with E-state index in [4.69, 9.17) is 18.9 Å². The largest absolute Gasteiger partial charge is 0.457 e. The molecule has 8 rings (SSSR count). The van der Waals surface area contributed by atoms with Crippen LogP contribution in [0.4, 0.5) is 26.3 Å². The number of hydrogen-bond acceptors (Lipinski definition) is 10. The van der Waals surface area contributed by atoms with E-state index in [9.17, 15) is 45.5 Å². The molecule has 62 heavy (non-hydrogen) atoms. The van der Waals surface area contributed by atoms with Crippen LogP contribution in [0, 0.1) is 0 Å². The summed E-state index contributed by atoms with van der Waals surface area (Å²) in [5.41, 5.74) is 5.38. The van der Waals surface area contributed by atoms with E-state index in [2.05, 4.69) is 12.1 Å². The highest BCUT2D eigenvalue weighted by Crippen LogP contribution is 2.48. The maximum absolute atomic E-state index is 13.0. The Morgan fingerprint density at radius 2 is 0.806 bits per heavy atom. The van der Waals surface area contributed by atoms with E-state index in [1.54, 1.807) is 54.7 Å². The number of hydrogen-bond donors (Lipinski definition) is 0. The van der Waals surface area contributed by atoms with Gasteiger partial charge in [0.15, 0.2) is 0 Å². The molecule has 2 heterocycles. The Bertz CT molecular complexity index is 2730. The average Bonchev–Trinajstić information content (AvgIpc) is 3.76. The van der Waals surface area contributed by atoms with E-state index in [0.29, 0.717) is 18.4 Å². The number of halogens is 6. The molecule has 2 aromatic heterocycles. The number of fused-ring (bicyclic) bond motifs is 7. The molecule has 2 aliphatic carbocycles. The molecule has 4 atom stereocenters. The van der Waals surface area contributed by atoms with Crippen molar-refractivity contribution in [1.29, 1.82) is 0 Å². The van der Waals surface area contributed by atoms with Gasteiger partial charge in [-0.05, 0) is 94.5 Å². The van der Waals surface area contributed by atoms with Gasteiger partial charge in [0.25, 0.3) is 0 Å². The van der Waals surface area contributed by atoms with Crippen molar-refractivity contribution in [2.24, 2.45) is 0 Å². The minimum Gasteiger partial charge on any atom is -0.457 e. The summed E-state index contributed by atoms with van der Waals surface area (Å²) in [5.74, 6) is -3.59. The second-order valence-electron chi connectivity index (χ2n) is 15.3. The van der Waals surface area contributed by atoms with Crippen molar-refractivity contribution >= 4 is 76.1 Å². The van der Waals surface area contributed by atoms with Crippen molar-refractivity contribution in [1.82, 2.24) is 0 Å². The van der Waals surface area contributed by atoms with Gasteiger partial charge < -0.3 is 18.9 Å². The molecular formula is C46H38F6O8S2. The number of esters is 4. The van der Waals surface area contributed by atoms with Gasteiger partial charge in [0, 0.05) is 33.0 Å². The van der Waals surface area contributed by atoms with Crippen LogP contribution in [0.15, 0.2) is 72.8 Å². The Morgan fingerprint density at radius 1 is 0.484 bits per heavy atom. The number of ether oxygens (including phenoxy) is 4. The van der Waals surface area contributed by atoms with Gasteiger partial charge in [-0.2, -0.15) is 26.3 Å². The van der Waals surface area contributed by atoms with Crippen LogP contribution in [-0.2, 0) is 38.1 Å². The summed E-state index contributed by atoms with van der Waals surface area (Å²) in [6.07, 6.45) is -14.9. The SMILES string of the molecule is CCC(=O)OC1CCC(OC(=O)CC)c2cc(-c3ccc4c(c3)sc3c5ccc(-c6ccc7c(c6)C(OC(=O)CC(F)(F)F)CCC7OC(=O)CC(F)(F)F)cc5sc43)ccc21. The van der Waals surface area contributed by atoms with E-state index in [0.717, 1.165) is 57.4 Å². The van der Waals surface area contributed by atoms with Gasteiger partial charge in [-0.3, -0.25) is 19.2 Å². The predicted octanol–water partition coefficient (Wildman–Crippen LogP) is 13.3. The zero-order valence-corrected chi connectivity index (χ0v) is 34.9. The topological polar surface area (TPSA) is 105 Å². The van der Waals surface area contributed by atoms with Crippen LogP contribution in [0.5, 0.6) is 0 Å². The summed E-state index contributed by atoms with van der Waals surface area (Å²) in [6, 6.07) is 22.9. The molecule has 0 radical (unpaired) electrons. The first-order chi connectivity index (χ1) is 29.5. The number of alkyl halides is 6. The quantitative estimate of drug-likeness (QED) is 0.0760. The lowest BCUT2D eigenvalue weighted by Crippen LogP contribution is -2.26. The van der Waals surface area contributed by atoms with Crippen molar-refractivity contribution in [3.8, 4) is 22.3 Å². The van der Waals surface area contributed by atoms with Gasteiger partial charge in [0.1, 0.15) is 37.3 Å². The molecule has 0 N–H and O–H groups in total. The van der Waals surface area contributed by atoms with Gasteiger partial charge in [0.2, 0.25) is 0 Å². The maximum atomic E-state index is 13.0. The number of benzene rings is 4. The summed E-state index contributed by atoms with van der Waals surface area (Å²) in [7, 11) is 0. The third-order valence-corrected chi connectivity index (χ3v) is 13.6. The zero-order chi connectivity index (χ0) is 44.1.